The Morgan fingerprint density at radius 3 is 2.82 bits per heavy atom. The molecular weight excluding hydrogens is 300 g/mol. The molecular formula is C16H24N2O3S. The molecule has 0 radical (unpaired) electrons. The Kier molecular flexibility index (Phi) is 6.71. The van der Waals surface area contributed by atoms with Crippen molar-refractivity contribution in [1.29, 1.82) is 0 Å². The number of nitrogens with one attached hydrogen (secondary N) is 2. The number of hydrogen-bond donors (Lipinski definition) is 2. The number of ether oxygens (including phenoxy) is 1. The maximum Gasteiger partial charge on any atom is 0.315 e. The maximum atomic E-state index is 11.6. The van der Waals surface area contributed by atoms with Crippen LogP contribution < -0.4 is 15.4 Å². The van der Waals surface area contributed by atoms with Gasteiger partial charge in [0.1, 0.15) is 5.75 Å². The minimum absolute atomic E-state index is 0.243. The van der Waals surface area contributed by atoms with E-state index in [1.807, 2.05) is 24.3 Å². The van der Waals surface area contributed by atoms with Gasteiger partial charge in [-0.05, 0) is 43.4 Å². The fourth-order valence-corrected chi connectivity index (χ4v) is 2.87. The van der Waals surface area contributed by atoms with E-state index in [2.05, 4.69) is 10.6 Å². The van der Waals surface area contributed by atoms with Crippen molar-refractivity contribution in [3.05, 3.63) is 29.8 Å². The van der Waals surface area contributed by atoms with E-state index in [9.17, 15) is 9.00 Å². The van der Waals surface area contributed by atoms with Gasteiger partial charge in [-0.25, -0.2) is 4.79 Å². The van der Waals surface area contributed by atoms with Crippen LogP contribution in [0.15, 0.2) is 24.3 Å². The highest BCUT2D eigenvalue weighted by Gasteiger charge is 2.16. The van der Waals surface area contributed by atoms with Crippen molar-refractivity contribution >= 4 is 16.8 Å². The van der Waals surface area contributed by atoms with Crippen molar-refractivity contribution < 1.29 is 13.7 Å². The highest BCUT2D eigenvalue weighted by Crippen LogP contribution is 2.24. The fraction of sp³-hybridized carbons (Fsp3) is 0.562. The molecule has 122 valence electrons. The third-order valence-electron chi connectivity index (χ3n) is 3.63. The van der Waals surface area contributed by atoms with Crippen LogP contribution in [0, 0.1) is 0 Å². The van der Waals surface area contributed by atoms with Gasteiger partial charge in [0, 0.05) is 35.9 Å². The second-order valence-electron chi connectivity index (χ2n) is 5.56. The number of hydrogen-bond acceptors (Lipinski definition) is 3. The van der Waals surface area contributed by atoms with Gasteiger partial charge in [-0.2, -0.15) is 0 Å². The molecule has 0 aliphatic heterocycles. The van der Waals surface area contributed by atoms with Gasteiger partial charge >= 0.3 is 6.03 Å². The third kappa shape index (κ3) is 6.05. The molecule has 0 bridgehead atoms. The number of amides is 2. The normalized spacial score (nSPS) is 16.2. The summed E-state index contributed by atoms with van der Waals surface area (Å²) in [6, 6.07) is 7.59. The first-order valence-electron chi connectivity index (χ1n) is 7.71. The van der Waals surface area contributed by atoms with Crippen molar-refractivity contribution in [3.8, 4) is 5.75 Å². The van der Waals surface area contributed by atoms with Crippen molar-refractivity contribution in [2.75, 3.05) is 18.6 Å². The van der Waals surface area contributed by atoms with Gasteiger partial charge in [-0.3, -0.25) is 4.21 Å². The molecule has 2 amide bonds. The summed E-state index contributed by atoms with van der Waals surface area (Å²) >= 11 is 0. The molecule has 0 heterocycles. The molecule has 6 heteroatoms. The van der Waals surface area contributed by atoms with E-state index < -0.39 is 10.8 Å². The largest absolute Gasteiger partial charge is 0.490 e. The summed E-state index contributed by atoms with van der Waals surface area (Å²) in [4.78, 5) is 11.6. The number of rotatable bonds is 7. The van der Waals surface area contributed by atoms with E-state index in [0.717, 1.165) is 24.2 Å². The quantitative estimate of drug-likeness (QED) is 0.808. The average molecular weight is 324 g/mol. The van der Waals surface area contributed by atoms with Crippen LogP contribution in [0.3, 0.4) is 0 Å². The summed E-state index contributed by atoms with van der Waals surface area (Å²) in [5.74, 6) is 1.34. The zero-order chi connectivity index (χ0) is 15.8. The Balaban J connectivity index is 1.75. The van der Waals surface area contributed by atoms with Crippen molar-refractivity contribution in [1.82, 2.24) is 10.6 Å². The van der Waals surface area contributed by atoms with Crippen LogP contribution in [0.4, 0.5) is 4.79 Å². The first kappa shape index (κ1) is 16.8. The summed E-state index contributed by atoms with van der Waals surface area (Å²) in [5, 5.41) is 5.47. The van der Waals surface area contributed by atoms with E-state index in [4.69, 9.17) is 4.74 Å². The molecule has 22 heavy (non-hydrogen) atoms. The summed E-state index contributed by atoms with van der Waals surface area (Å²) in [5.41, 5.74) is 1.00. The minimum atomic E-state index is -0.887. The molecule has 1 aromatic rings. The second-order valence-corrected chi connectivity index (χ2v) is 7.11. The van der Waals surface area contributed by atoms with Gasteiger partial charge in [-0.1, -0.05) is 12.1 Å². The molecule has 5 nitrogen and oxygen atoms in total. The molecule has 1 unspecified atom stereocenters. The van der Waals surface area contributed by atoms with E-state index >= 15 is 0 Å². The van der Waals surface area contributed by atoms with E-state index in [0.29, 0.717) is 24.9 Å². The number of carbonyl (C=O) groups excluding carboxylic acids is 1. The lowest BCUT2D eigenvalue weighted by Crippen LogP contribution is -2.37. The lowest BCUT2D eigenvalue weighted by atomic mass is 10.2. The van der Waals surface area contributed by atoms with E-state index in [1.54, 1.807) is 6.26 Å². The van der Waals surface area contributed by atoms with Gasteiger partial charge in [0.2, 0.25) is 0 Å². The van der Waals surface area contributed by atoms with E-state index in [1.165, 1.54) is 12.8 Å². The Morgan fingerprint density at radius 1 is 1.32 bits per heavy atom. The molecule has 1 aromatic carbocycles. The average Bonchev–Trinajstić information content (AvgIpc) is 2.98. The minimum Gasteiger partial charge on any atom is -0.490 e. The molecule has 0 aromatic heterocycles. The molecule has 1 atom stereocenters. The summed E-state index contributed by atoms with van der Waals surface area (Å²) in [6.07, 6.45) is 6.70. The number of carbonyl (C=O) groups is 1. The summed E-state index contributed by atoms with van der Waals surface area (Å²) < 4.78 is 16.9. The van der Waals surface area contributed by atoms with Crippen LogP contribution in [0.25, 0.3) is 0 Å². The van der Waals surface area contributed by atoms with Crippen LogP contribution >= 0.6 is 0 Å². The zero-order valence-corrected chi connectivity index (χ0v) is 13.8. The molecule has 2 rings (SSSR count). The van der Waals surface area contributed by atoms with Crippen molar-refractivity contribution in [2.24, 2.45) is 0 Å². The molecule has 1 aliphatic carbocycles. The molecule has 1 fully saturated rings. The predicted molar refractivity (Wildman–Crippen MR) is 88.5 cm³/mol. The van der Waals surface area contributed by atoms with Gasteiger partial charge < -0.3 is 15.4 Å². The summed E-state index contributed by atoms with van der Waals surface area (Å²) in [7, 11) is -0.887. The molecule has 2 N–H and O–H groups in total. The molecule has 1 saturated carbocycles. The van der Waals surface area contributed by atoms with Crippen LogP contribution in [-0.2, 0) is 17.3 Å². The molecule has 0 spiro atoms. The number of benzene rings is 1. The third-order valence-corrected chi connectivity index (χ3v) is 4.41. The zero-order valence-electron chi connectivity index (χ0n) is 13.0. The van der Waals surface area contributed by atoms with Crippen LogP contribution in [-0.4, -0.2) is 34.9 Å². The topological polar surface area (TPSA) is 67.4 Å². The summed E-state index contributed by atoms with van der Waals surface area (Å²) in [6.45, 7) is 0.864. The predicted octanol–water partition coefficient (Wildman–Crippen LogP) is 2.19. The van der Waals surface area contributed by atoms with Crippen LogP contribution in [0.5, 0.6) is 5.75 Å². The van der Waals surface area contributed by atoms with Crippen LogP contribution in [0.2, 0.25) is 0 Å². The standard InChI is InChI=1S/C16H24N2O3S/c1-22(20)10-9-17-16(19)18-12-13-5-4-8-15(11-13)21-14-6-2-3-7-14/h4-5,8,11,14H,2-3,6-7,9-10,12H2,1H3,(H2,17,18,19). The second kappa shape index (κ2) is 8.78. The first-order valence-corrected chi connectivity index (χ1v) is 9.43. The van der Waals surface area contributed by atoms with Crippen molar-refractivity contribution in [2.45, 2.75) is 38.3 Å². The van der Waals surface area contributed by atoms with Crippen LogP contribution in [0.1, 0.15) is 31.2 Å². The lowest BCUT2D eigenvalue weighted by molar-refractivity contribution is 0.209. The highest BCUT2D eigenvalue weighted by molar-refractivity contribution is 7.84. The Bertz CT molecular complexity index is 516. The lowest BCUT2D eigenvalue weighted by Gasteiger charge is -2.14. The monoisotopic (exact) mass is 324 g/mol. The van der Waals surface area contributed by atoms with Gasteiger partial charge in [0.25, 0.3) is 0 Å². The first-order chi connectivity index (χ1) is 10.6. The maximum absolute atomic E-state index is 11.6. The van der Waals surface area contributed by atoms with Gasteiger partial charge in [0.15, 0.2) is 0 Å². The smallest absolute Gasteiger partial charge is 0.315 e. The SMILES string of the molecule is CS(=O)CCNC(=O)NCc1cccc(OC2CCCC2)c1. The van der Waals surface area contributed by atoms with E-state index in [-0.39, 0.29) is 6.03 Å². The molecule has 1 aliphatic rings. The molecule has 0 saturated heterocycles. The number of urea groups is 1. The van der Waals surface area contributed by atoms with Gasteiger partial charge in [-0.15, -0.1) is 0 Å². The van der Waals surface area contributed by atoms with Crippen molar-refractivity contribution in [3.63, 3.8) is 0 Å². The Labute approximate surface area is 134 Å². The highest BCUT2D eigenvalue weighted by atomic mass is 32.2. The Hall–Kier alpha value is -1.56. The van der Waals surface area contributed by atoms with Gasteiger partial charge in [0.05, 0.1) is 6.10 Å². The fourth-order valence-electron chi connectivity index (χ4n) is 2.48. The Morgan fingerprint density at radius 2 is 2.09 bits per heavy atom.